The van der Waals surface area contributed by atoms with Gasteiger partial charge in [-0.15, -0.1) is 11.6 Å². The van der Waals surface area contributed by atoms with E-state index in [-0.39, 0.29) is 11.4 Å². The number of aryl methyl sites for hydroxylation is 1. The van der Waals surface area contributed by atoms with Crippen LogP contribution in [0.1, 0.15) is 18.4 Å². The van der Waals surface area contributed by atoms with Gasteiger partial charge in [0.25, 0.3) is 0 Å². The molecule has 1 N–H and O–H groups in total. The summed E-state index contributed by atoms with van der Waals surface area (Å²) in [6.07, 6.45) is 1.14. The fourth-order valence-corrected chi connectivity index (χ4v) is 2.63. The van der Waals surface area contributed by atoms with Gasteiger partial charge in [0.15, 0.2) is 0 Å². The van der Waals surface area contributed by atoms with E-state index in [0.29, 0.717) is 24.3 Å². The zero-order valence-corrected chi connectivity index (χ0v) is 11.1. The van der Waals surface area contributed by atoms with Crippen LogP contribution in [0.25, 0.3) is 0 Å². The van der Waals surface area contributed by atoms with Crippen LogP contribution < -0.4 is 4.72 Å². The Morgan fingerprint density at radius 3 is 2.65 bits per heavy atom. The fourth-order valence-electron chi connectivity index (χ4n) is 1.27. The molecule has 0 aromatic heterocycles. The second-order valence-corrected chi connectivity index (χ2v) is 6.00. The van der Waals surface area contributed by atoms with Crippen LogP contribution in [0.2, 0.25) is 0 Å². The first-order valence-electron chi connectivity index (χ1n) is 5.27. The molecule has 0 saturated heterocycles. The van der Waals surface area contributed by atoms with Gasteiger partial charge in [-0.25, -0.2) is 12.8 Å². The minimum atomic E-state index is -3.41. The molecule has 0 radical (unpaired) electrons. The van der Waals surface area contributed by atoms with Crippen LogP contribution in [-0.2, 0) is 10.0 Å². The minimum Gasteiger partial charge on any atom is -0.283 e. The average Bonchev–Trinajstić information content (AvgIpc) is 2.23. The topological polar surface area (TPSA) is 46.2 Å². The van der Waals surface area contributed by atoms with E-state index in [1.165, 1.54) is 18.2 Å². The molecule has 0 aliphatic rings. The molecular formula is C11H15ClFNO2S. The van der Waals surface area contributed by atoms with Crippen LogP contribution in [-0.4, -0.2) is 20.1 Å². The molecule has 96 valence electrons. The van der Waals surface area contributed by atoms with Crippen LogP contribution in [0.5, 0.6) is 0 Å². The summed E-state index contributed by atoms with van der Waals surface area (Å²) in [5.74, 6) is 0.00938. The third kappa shape index (κ3) is 4.91. The number of unbranched alkanes of at least 4 members (excludes halogenated alkanes) is 1. The molecule has 3 nitrogen and oxygen atoms in total. The van der Waals surface area contributed by atoms with E-state index >= 15 is 0 Å². The summed E-state index contributed by atoms with van der Waals surface area (Å²) in [6.45, 7) is 1.62. The van der Waals surface area contributed by atoms with Crippen molar-refractivity contribution in [1.82, 2.24) is 0 Å². The van der Waals surface area contributed by atoms with Gasteiger partial charge < -0.3 is 0 Å². The molecule has 1 aromatic carbocycles. The Kier molecular flexibility index (Phi) is 5.21. The lowest BCUT2D eigenvalue weighted by Gasteiger charge is -2.08. The van der Waals surface area contributed by atoms with E-state index in [2.05, 4.69) is 4.72 Å². The van der Waals surface area contributed by atoms with Gasteiger partial charge in [0.1, 0.15) is 5.82 Å². The molecule has 6 heteroatoms. The fraction of sp³-hybridized carbons (Fsp3) is 0.455. The third-order valence-electron chi connectivity index (χ3n) is 2.24. The largest absolute Gasteiger partial charge is 0.283 e. The lowest BCUT2D eigenvalue weighted by Crippen LogP contribution is -2.16. The standard InChI is InChI=1S/C11H15ClFNO2S/c1-9-4-5-10(8-11(9)13)14-17(15,16)7-3-2-6-12/h4-5,8,14H,2-3,6-7H2,1H3. The second kappa shape index (κ2) is 6.21. The summed E-state index contributed by atoms with van der Waals surface area (Å²) in [4.78, 5) is 0. The smallest absolute Gasteiger partial charge is 0.232 e. The molecule has 0 amide bonds. The molecule has 17 heavy (non-hydrogen) atoms. The number of hydrogen-bond acceptors (Lipinski definition) is 2. The van der Waals surface area contributed by atoms with Crippen molar-refractivity contribution in [2.24, 2.45) is 0 Å². The number of halogens is 2. The van der Waals surface area contributed by atoms with E-state index in [9.17, 15) is 12.8 Å². The van der Waals surface area contributed by atoms with Gasteiger partial charge in [-0.3, -0.25) is 4.72 Å². The second-order valence-electron chi connectivity index (χ2n) is 3.78. The summed E-state index contributed by atoms with van der Waals surface area (Å²) in [5.41, 5.74) is 0.731. The number of anilines is 1. The monoisotopic (exact) mass is 279 g/mol. The zero-order chi connectivity index (χ0) is 12.9. The SMILES string of the molecule is Cc1ccc(NS(=O)(=O)CCCCCl)cc1F. The molecule has 0 bridgehead atoms. The van der Waals surface area contributed by atoms with Crippen molar-refractivity contribution in [3.8, 4) is 0 Å². The van der Waals surface area contributed by atoms with Crippen molar-refractivity contribution in [2.75, 3.05) is 16.4 Å². The first kappa shape index (κ1) is 14.3. The third-order valence-corrected chi connectivity index (χ3v) is 3.88. The van der Waals surface area contributed by atoms with Crippen LogP contribution in [0, 0.1) is 12.7 Å². The molecule has 1 aromatic rings. The predicted molar refractivity (Wildman–Crippen MR) is 68.5 cm³/mol. The Morgan fingerprint density at radius 1 is 1.35 bits per heavy atom. The highest BCUT2D eigenvalue weighted by molar-refractivity contribution is 7.92. The van der Waals surface area contributed by atoms with Crippen molar-refractivity contribution < 1.29 is 12.8 Å². The molecule has 0 aliphatic heterocycles. The van der Waals surface area contributed by atoms with Gasteiger partial charge in [0, 0.05) is 5.88 Å². The molecule has 0 atom stereocenters. The lowest BCUT2D eigenvalue weighted by atomic mass is 10.2. The van der Waals surface area contributed by atoms with Gasteiger partial charge in [0.2, 0.25) is 10.0 Å². The normalized spacial score (nSPS) is 11.5. The maximum atomic E-state index is 13.2. The van der Waals surface area contributed by atoms with Crippen molar-refractivity contribution >= 4 is 27.3 Å². The lowest BCUT2D eigenvalue weighted by molar-refractivity contribution is 0.597. The van der Waals surface area contributed by atoms with Gasteiger partial charge in [-0.1, -0.05) is 6.07 Å². The molecule has 0 saturated carbocycles. The maximum absolute atomic E-state index is 13.2. The van der Waals surface area contributed by atoms with Gasteiger partial charge in [-0.05, 0) is 37.5 Å². The summed E-state index contributed by atoms with van der Waals surface area (Å²) < 4.78 is 38.7. The summed E-state index contributed by atoms with van der Waals surface area (Å²) in [5, 5.41) is 0. The molecule has 0 heterocycles. The van der Waals surface area contributed by atoms with Crippen molar-refractivity contribution in [3.63, 3.8) is 0 Å². The van der Waals surface area contributed by atoms with E-state index in [1.807, 2.05) is 0 Å². The number of hydrogen-bond donors (Lipinski definition) is 1. The van der Waals surface area contributed by atoms with E-state index in [4.69, 9.17) is 11.6 Å². The highest BCUT2D eigenvalue weighted by atomic mass is 35.5. The number of alkyl halides is 1. The summed E-state index contributed by atoms with van der Waals surface area (Å²) >= 11 is 5.46. The molecule has 0 spiro atoms. The molecule has 1 rings (SSSR count). The van der Waals surface area contributed by atoms with Crippen molar-refractivity contribution in [3.05, 3.63) is 29.6 Å². The molecule has 0 unspecified atom stereocenters. The number of rotatable bonds is 6. The first-order chi connectivity index (χ1) is 7.94. The van der Waals surface area contributed by atoms with Crippen molar-refractivity contribution in [2.45, 2.75) is 19.8 Å². The number of sulfonamides is 1. The van der Waals surface area contributed by atoms with Crippen molar-refractivity contribution in [1.29, 1.82) is 0 Å². The highest BCUT2D eigenvalue weighted by Crippen LogP contribution is 2.15. The van der Waals surface area contributed by atoms with E-state index in [1.54, 1.807) is 6.92 Å². The molecule has 0 aliphatic carbocycles. The Bertz CT molecular complexity index is 476. The molecular weight excluding hydrogens is 265 g/mol. The van der Waals surface area contributed by atoms with E-state index < -0.39 is 15.8 Å². The highest BCUT2D eigenvalue weighted by Gasteiger charge is 2.10. The van der Waals surface area contributed by atoms with Crippen LogP contribution in [0.4, 0.5) is 10.1 Å². The average molecular weight is 280 g/mol. The van der Waals surface area contributed by atoms with Crippen LogP contribution in [0.3, 0.4) is 0 Å². The summed E-state index contributed by atoms with van der Waals surface area (Å²) in [7, 11) is -3.41. The number of benzene rings is 1. The molecule has 0 fully saturated rings. The number of nitrogens with one attached hydrogen (secondary N) is 1. The van der Waals surface area contributed by atoms with Gasteiger partial charge in [0.05, 0.1) is 11.4 Å². The quantitative estimate of drug-likeness (QED) is 0.643. The van der Waals surface area contributed by atoms with Gasteiger partial charge in [-0.2, -0.15) is 0 Å². The van der Waals surface area contributed by atoms with E-state index in [0.717, 1.165) is 0 Å². The predicted octanol–water partition coefficient (Wildman–Crippen LogP) is 2.89. The van der Waals surface area contributed by atoms with Crippen LogP contribution >= 0.6 is 11.6 Å². The van der Waals surface area contributed by atoms with Crippen LogP contribution in [0.15, 0.2) is 18.2 Å². The van der Waals surface area contributed by atoms with Gasteiger partial charge >= 0.3 is 0 Å². The minimum absolute atomic E-state index is 0.00475. The Labute approximate surface area is 106 Å². The Morgan fingerprint density at radius 2 is 2.06 bits per heavy atom. The Hall–Kier alpha value is -0.810. The zero-order valence-electron chi connectivity index (χ0n) is 9.54. The maximum Gasteiger partial charge on any atom is 0.232 e. The first-order valence-corrected chi connectivity index (χ1v) is 7.46. The Balaban J connectivity index is 2.66. The summed E-state index contributed by atoms with van der Waals surface area (Å²) in [6, 6.07) is 4.25.